The summed E-state index contributed by atoms with van der Waals surface area (Å²) in [7, 11) is 3.43. The molecule has 7 heteroatoms. The van der Waals surface area contributed by atoms with Crippen LogP contribution in [0.4, 0.5) is 4.39 Å². The van der Waals surface area contributed by atoms with E-state index >= 15 is 0 Å². The molecule has 2 heterocycles. The maximum Gasteiger partial charge on any atom is 0.257 e. The van der Waals surface area contributed by atoms with Crippen molar-refractivity contribution in [3.05, 3.63) is 29.8 Å². The molecule has 1 saturated heterocycles. The lowest BCUT2D eigenvalue weighted by atomic mass is 10.2. The Morgan fingerprint density at radius 3 is 2.52 bits per heavy atom. The van der Waals surface area contributed by atoms with Crippen molar-refractivity contribution >= 4 is 11.8 Å². The summed E-state index contributed by atoms with van der Waals surface area (Å²) in [4.78, 5) is 32.6. The number of rotatable bonds is 3. The van der Waals surface area contributed by atoms with Crippen LogP contribution in [-0.2, 0) is 4.79 Å². The van der Waals surface area contributed by atoms with E-state index in [-0.39, 0.29) is 17.4 Å². The van der Waals surface area contributed by atoms with Crippen LogP contribution in [0.2, 0.25) is 0 Å². The number of aromatic nitrogens is 1. The number of nitrogens with zero attached hydrogens (tertiary/aromatic N) is 4. The Labute approximate surface area is 123 Å². The molecule has 2 rings (SSSR count). The molecule has 1 aromatic heterocycles. The minimum absolute atomic E-state index is 0.0370. The number of piperazine rings is 1. The first-order valence-corrected chi connectivity index (χ1v) is 6.80. The van der Waals surface area contributed by atoms with Crippen molar-refractivity contribution in [3.63, 3.8) is 0 Å². The molecule has 1 aromatic rings. The summed E-state index contributed by atoms with van der Waals surface area (Å²) in [6, 6.07) is 1.39. The van der Waals surface area contributed by atoms with Gasteiger partial charge in [-0.25, -0.2) is 4.39 Å². The SMILES string of the molecule is CN(C)C(=O)CN1CCN(C(=O)c2ccncc2F)CC1. The zero-order valence-electron chi connectivity index (χ0n) is 12.3. The third-order valence-electron chi connectivity index (χ3n) is 3.52. The van der Waals surface area contributed by atoms with Crippen LogP contribution in [-0.4, -0.2) is 78.3 Å². The minimum Gasteiger partial charge on any atom is -0.348 e. The van der Waals surface area contributed by atoms with Crippen LogP contribution in [0, 0.1) is 5.82 Å². The summed E-state index contributed by atoms with van der Waals surface area (Å²) in [5, 5.41) is 0. The molecule has 6 nitrogen and oxygen atoms in total. The number of amides is 2. The first kappa shape index (κ1) is 15.4. The summed E-state index contributed by atoms with van der Waals surface area (Å²) in [6.45, 7) is 2.54. The van der Waals surface area contributed by atoms with Gasteiger partial charge in [0.25, 0.3) is 5.91 Å². The predicted octanol–water partition coefficient (Wildman–Crippen LogP) is 0.0667. The smallest absolute Gasteiger partial charge is 0.257 e. The van der Waals surface area contributed by atoms with Crippen LogP contribution in [0.1, 0.15) is 10.4 Å². The molecule has 0 atom stereocenters. The standard InChI is InChI=1S/C14H19FN4O2/c1-17(2)13(20)10-18-5-7-19(8-6-18)14(21)11-3-4-16-9-12(11)15/h3-4,9H,5-8,10H2,1-2H3. The van der Waals surface area contributed by atoms with E-state index in [0.29, 0.717) is 32.7 Å². The van der Waals surface area contributed by atoms with Gasteiger partial charge in [-0.2, -0.15) is 0 Å². The topological polar surface area (TPSA) is 56.8 Å². The van der Waals surface area contributed by atoms with Crippen LogP contribution in [0.5, 0.6) is 0 Å². The molecule has 0 radical (unpaired) electrons. The number of likely N-dealkylation sites (N-methyl/N-ethyl adjacent to an activating group) is 1. The van der Waals surface area contributed by atoms with Gasteiger partial charge in [-0.05, 0) is 6.07 Å². The third-order valence-corrected chi connectivity index (χ3v) is 3.52. The van der Waals surface area contributed by atoms with Gasteiger partial charge in [-0.15, -0.1) is 0 Å². The highest BCUT2D eigenvalue weighted by Gasteiger charge is 2.25. The second-order valence-corrected chi connectivity index (χ2v) is 5.21. The lowest BCUT2D eigenvalue weighted by Crippen LogP contribution is -2.51. The molecular weight excluding hydrogens is 275 g/mol. The second kappa shape index (κ2) is 6.62. The summed E-state index contributed by atoms with van der Waals surface area (Å²) in [6.07, 6.45) is 2.45. The molecule has 0 aliphatic carbocycles. The van der Waals surface area contributed by atoms with Crippen molar-refractivity contribution < 1.29 is 14.0 Å². The summed E-state index contributed by atoms with van der Waals surface area (Å²) < 4.78 is 13.6. The van der Waals surface area contributed by atoms with E-state index in [0.717, 1.165) is 6.20 Å². The molecule has 1 aliphatic heterocycles. The Kier molecular flexibility index (Phi) is 4.85. The van der Waals surface area contributed by atoms with Gasteiger partial charge >= 0.3 is 0 Å². The largest absolute Gasteiger partial charge is 0.348 e. The molecule has 2 amide bonds. The fraction of sp³-hybridized carbons (Fsp3) is 0.500. The van der Waals surface area contributed by atoms with E-state index in [2.05, 4.69) is 4.98 Å². The number of hydrogen-bond donors (Lipinski definition) is 0. The van der Waals surface area contributed by atoms with Crippen LogP contribution < -0.4 is 0 Å². The zero-order chi connectivity index (χ0) is 15.4. The van der Waals surface area contributed by atoms with Gasteiger partial charge in [0.2, 0.25) is 5.91 Å². The highest BCUT2D eigenvalue weighted by Crippen LogP contribution is 2.11. The maximum absolute atomic E-state index is 13.6. The minimum atomic E-state index is -0.604. The van der Waals surface area contributed by atoms with Crippen molar-refractivity contribution in [1.82, 2.24) is 19.7 Å². The molecule has 0 bridgehead atoms. The summed E-state index contributed by atoms with van der Waals surface area (Å²) >= 11 is 0. The normalized spacial score (nSPS) is 15.9. The number of hydrogen-bond acceptors (Lipinski definition) is 4. The Morgan fingerprint density at radius 2 is 1.95 bits per heavy atom. The van der Waals surface area contributed by atoms with Gasteiger partial charge in [-0.1, -0.05) is 0 Å². The van der Waals surface area contributed by atoms with E-state index < -0.39 is 5.82 Å². The maximum atomic E-state index is 13.6. The Bertz CT molecular complexity index is 527. The molecule has 1 fully saturated rings. The number of carbonyl (C=O) groups is 2. The quantitative estimate of drug-likeness (QED) is 0.791. The van der Waals surface area contributed by atoms with Crippen LogP contribution in [0.3, 0.4) is 0 Å². The van der Waals surface area contributed by atoms with E-state index in [9.17, 15) is 14.0 Å². The Balaban J connectivity index is 1.91. The van der Waals surface area contributed by atoms with Gasteiger partial charge in [0.15, 0.2) is 5.82 Å². The molecule has 0 N–H and O–H groups in total. The third kappa shape index (κ3) is 3.75. The van der Waals surface area contributed by atoms with Crippen molar-refractivity contribution in [2.24, 2.45) is 0 Å². The molecule has 21 heavy (non-hydrogen) atoms. The summed E-state index contributed by atoms with van der Waals surface area (Å²) in [5.74, 6) is -0.892. The fourth-order valence-electron chi connectivity index (χ4n) is 2.16. The lowest BCUT2D eigenvalue weighted by molar-refractivity contribution is -0.130. The van der Waals surface area contributed by atoms with E-state index in [1.54, 1.807) is 23.9 Å². The van der Waals surface area contributed by atoms with Crippen molar-refractivity contribution in [3.8, 4) is 0 Å². The van der Waals surface area contributed by atoms with Crippen LogP contribution in [0.15, 0.2) is 18.5 Å². The molecule has 114 valence electrons. The second-order valence-electron chi connectivity index (χ2n) is 5.21. The lowest BCUT2D eigenvalue weighted by Gasteiger charge is -2.34. The van der Waals surface area contributed by atoms with E-state index in [1.807, 2.05) is 4.90 Å². The first-order valence-electron chi connectivity index (χ1n) is 6.80. The van der Waals surface area contributed by atoms with E-state index in [1.165, 1.54) is 12.3 Å². The van der Waals surface area contributed by atoms with Crippen LogP contribution in [0.25, 0.3) is 0 Å². The average molecular weight is 294 g/mol. The predicted molar refractivity (Wildman–Crippen MR) is 75.2 cm³/mol. The number of carbonyl (C=O) groups excluding carboxylic acids is 2. The molecule has 0 unspecified atom stereocenters. The molecule has 0 saturated carbocycles. The number of pyridine rings is 1. The zero-order valence-corrected chi connectivity index (χ0v) is 12.3. The fourth-order valence-corrected chi connectivity index (χ4v) is 2.16. The van der Waals surface area contributed by atoms with Gasteiger partial charge in [0.1, 0.15) is 0 Å². The number of halogens is 1. The highest BCUT2D eigenvalue weighted by molar-refractivity contribution is 5.94. The monoisotopic (exact) mass is 294 g/mol. The highest BCUT2D eigenvalue weighted by atomic mass is 19.1. The molecular formula is C14H19FN4O2. The van der Waals surface area contributed by atoms with Gasteiger partial charge < -0.3 is 9.80 Å². The van der Waals surface area contributed by atoms with Crippen molar-refractivity contribution in [2.75, 3.05) is 46.8 Å². The van der Waals surface area contributed by atoms with E-state index in [4.69, 9.17) is 0 Å². The average Bonchev–Trinajstić information content (AvgIpc) is 2.47. The van der Waals surface area contributed by atoms with Gasteiger partial charge in [0.05, 0.1) is 18.3 Å². The van der Waals surface area contributed by atoms with Gasteiger partial charge in [-0.3, -0.25) is 19.5 Å². The van der Waals surface area contributed by atoms with Gasteiger partial charge in [0, 0.05) is 46.5 Å². The molecule has 0 spiro atoms. The van der Waals surface area contributed by atoms with Crippen LogP contribution >= 0.6 is 0 Å². The molecule has 1 aliphatic rings. The first-order chi connectivity index (χ1) is 9.99. The van der Waals surface area contributed by atoms with Crippen molar-refractivity contribution in [1.29, 1.82) is 0 Å². The summed E-state index contributed by atoms with van der Waals surface area (Å²) in [5.41, 5.74) is 0.0443. The Hall–Kier alpha value is -2.02. The Morgan fingerprint density at radius 1 is 1.29 bits per heavy atom. The van der Waals surface area contributed by atoms with Crippen molar-refractivity contribution in [2.45, 2.75) is 0 Å². The molecule has 0 aromatic carbocycles.